The van der Waals surface area contributed by atoms with Crippen molar-refractivity contribution in [3.63, 3.8) is 0 Å². The zero-order valence-corrected chi connectivity index (χ0v) is 19.9. The standard InChI is InChI=1S/C29H19BrOS/c1-16-4-2-5-19-14-22-21-12-17(8-10-25(21)31-26(22)15-20(16)19)18-9-11-27-23(13-18)29-24(30)6-3-7-28(29)32-27/h2-3,5-16H,4H2,1H3. The Hall–Kier alpha value is -2.88. The smallest absolute Gasteiger partial charge is 0.135 e. The highest BCUT2D eigenvalue weighted by Crippen LogP contribution is 2.41. The van der Waals surface area contributed by atoms with Gasteiger partial charge in [0.05, 0.1) is 0 Å². The first kappa shape index (κ1) is 18.7. The van der Waals surface area contributed by atoms with Crippen LogP contribution in [0, 0.1) is 0 Å². The molecule has 0 fully saturated rings. The maximum atomic E-state index is 6.26. The summed E-state index contributed by atoms with van der Waals surface area (Å²) in [4.78, 5) is 0. The van der Waals surface area contributed by atoms with E-state index in [1.807, 2.05) is 11.3 Å². The van der Waals surface area contributed by atoms with Crippen molar-refractivity contribution in [2.75, 3.05) is 0 Å². The van der Waals surface area contributed by atoms with E-state index in [-0.39, 0.29) is 0 Å². The Labute approximate surface area is 198 Å². The maximum absolute atomic E-state index is 6.26. The van der Waals surface area contributed by atoms with Crippen LogP contribution in [0.15, 0.2) is 81.7 Å². The molecule has 6 aromatic rings. The van der Waals surface area contributed by atoms with Gasteiger partial charge >= 0.3 is 0 Å². The lowest BCUT2D eigenvalue weighted by Gasteiger charge is -2.17. The minimum absolute atomic E-state index is 0.537. The summed E-state index contributed by atoms with van der Waals surface area (Å²) in [7, 11) is 0. The van der Waals surface area contributed by atoms with Crippen molar-refractivity contribution in [1.82, 2.24) is 0 Å². The predicted molar refractivity (Wildman–Crippen MR) is 142 cm³/mol. The van der Waals surface area contributed by atoms with Crippen molar-refractivity contribution in [3.8, 4) is 11.1 Å². The Bertz CT molecular complexity index is 1730. The molecular formula is C29H19BrOS. The van der Waals surface area contributed by atoms with E-state index in [1.165, 1.54) is 53.2 Å². The van der Waals surface area contributed by atoms with Gasteiger partial charge in [-0.3, -0.25) is 0 Å². The van der Waals surface area contributed by atoms with Crippen LogP contribution in [-0.4, -0.2) is 0 Å². The molecule has 0 spiro atoms. The number of furan rings is 1. The predicted octanol–water partition coefficient (Wildman–Crippen LogP) is 9.90. The van der Waals surface area contributed by atoms with Crippen LogP contribution in [0.1, 0.15) is 30.4 Å². The molecule has 2 aromatic heterocycles. The molecule has 0 saturated carbocycles. The molecule has 4 aromatic carbocycles. The normalized spacial score (nSPS) is 15.9. The van der Waals surface area contributed by atoms with Crippen molar-refractivity contribution in [1.29, 1.82) is 0 Å². The summed E-state index contributed by atoms with van der Waals surface area (Å²) in [5, 5.41) is 4.99. The number of rotatable bonds is 1. The van der Waals surface area contributed by atoms with Crippen LogP contribution < -0.4 is 0 Å². The van der Waals surface area contributed by atoms with Gasteiger partial charge in [-0.25, -0.2) is 0 Å². The van der Waals surface area contributed by atoms with Crippen molar-refractivity contribution in [2.24, 2.45) is 0 Å². The number of allylic oxidation sites excluding steroid dienone is 1. The third kappa shape index (κ3) is 2.68. The SMILES string of the molecule is CC1CC=Cc2cc3c(cc21)oc1ccc(-c2ccc4sc5cccc(Br)c5c4c2)cc13. The van der Waals surface area contributed by atoms with Crippen molar-refractivity contribution in [3.05, 3.63) is 88.4 Å². The van der Waals surface area contributed by atoms with Crippen LogP contribution in [0.3, 0.4) is 0 Å². The molecule has 0 bridgehead atoms. The summed E-state index contributed by atoms with van der Waals surface area (Å²) in [6.45, 7) is 2.29. The van der Waals surface area contributed by atoms with E-state index in [0.29, 0.717) is 5.92 Å². The molecule has 1 aliphatic carbocycles. The lowest BCUT2D eigenvalue weighted by atomic mass is 9.87. The first-order valence-corrected chi connectivity index (χ1v) is 12.5. The summed E-state index contributed by atoms with van der Waals surface area (Å²) in [6, 6.07) is 24.4. The third-order valence-corrected chi connectivity index (χ3v) is 8.57. The molecule has 32 heavy (non-hydrogen) atoms. The van der Waals surface area contributed by atoms with Crippen LogP contribution in [0.2, 0.25) is 0 Å². The fourth-order valence-electron chi connectivity index (χ4n) is 5.10. The fraction of sp³-hybridized carbons (Fsp3) is 0.103. The highest BCUT2D eigenvalue weighted by molar-refractivity contribution is 9.10. The van der Waals surface area contributed by atoms with Gasteiger partial charge in [-0.15, -0.1) is 11.3 Å². The molecule has 3 heteroatoms. The largest absolute Gasteiger partial charge is 0.456 e. The van der Waals surface area contributed by atoms with Crippen molar-refractivity contribution in [2.45, 2.75) is 19.3 Å². The van der Waals surface area contributed by atoms with E-state index >= 15 is 0 Å². The van der Waals surface area contributed by atoms with E-state index in [2.05, 4.69) is 102 Å². The zero-order valence-electron chi connectivity index (χ0n) is 17.5. The lowest BCUT2D eigenvalue weighted by Crippen LogP contribution is -1.99. The lowest BCUT2D eigenvalue weighted by molar-refractivity contribution is 0.666. The van der Waals surface area contributed by atoms with Crippen LogP contribution in [-0.2, 0) is 0 Å². The van der Waals surface area contributed by atoms with Crippen LogP contribution in [0.25, 0.3) is 59.3 Å². The number of benzene rings is 4. The average molecular weight is 495 g/mol. The molecule has 1 nitrogen and oxygen atoms in total. The Morgan fingerprint density at radius 1 is 0.844 bits per heavy atom. The van der Waals surface area contributed by atoms with E-state index in [4.69, 9.17) is 4.42 Å². The number of thiophene rings is 1. The topological polar surface area (TPSA) is 13.1 Å². The van der Waals surface area contributed by atoms with Gasteiger partial charge < -0.3 is 4.42 Å². The van der Waals surface area contributed by atoms with E-state index in [0.717, 1.165) is 22.1 Å². The Kier molecular flexibility index (Phi) is 3.97. The zero-order chi connectivity index (χ0) is 21.4. The molecule has 0 saturated heterocycles. The quantitative estimate of drug-likeness (QED) is 0.221. The highest BCUT2D eigenvalue weighted by atomic mass is 79.9. The summed E-state index contributed by atoms with van der Waals surface area (Å²) >= 11 is 5.60. The third-order valence-electron chi connectivity index (χ3n) is 6.77. The van der Waals surface area contributed by atoms with Gasteiger partial charge in [0.25, 0.3) is 0 Å². The summed E-state index contributed by atoms with van der Waals surface area (Å²) in [6.07, 6.45) is 5.63. The molecule has 1 atom stereocenters. The number of hydrogen-bond acceptors (Lipinski definition) is 2. The second kappa shape index (κ2) is 6.81. The van der Waals surface area contributed by atoms with Gasteiger partial charge in [0.15, 0.2) is 0 Å². The van der Waals surface area contributed by atoms with E-state index < -0.39 is 0 Å². The number of halogens is 1. The molecule has 0 radical (unpaired) electrons. The Morgan fingerprint density at radius 3 is 2.56 bits per heavy atom. The monoisotopic (exact) mass is 494 g/mol. The molecule has 0 amide bonds. The van der Waals surface area contributed by atoms with Crippen molar-refractivity contribution < 1.29 is 4.42 Å². The highest BCUT2D eigenvalue weighted by Gasteiger charge is 2.17. The average Bonchev–Trinajstić information content (AvgIpc) is 3.35. The molecule has 7 rings (SSSR count). The number of fused-ring (bicyclic) bond motifs is 7. The molecule has 0 N–H and O–H groups in total. The Balaban J connectivity index is 1.44. The van der Waals surface area contributed by atoms with E-state index in [1.54, 1.807) is 0 Å². The first-order chi connectivity index (χ1) is 15.7. The van der Waals surface area contributed by atoms with Crippen LogP contribution in [0.4, 0.5) is 0 Å². The summed E-state index contributed by atoms with van der Waals surface area (Å²) in [5.41, 5.74) is 7.10. The van der Waals surface area contributed by atoms with Crippen molar-refractivity contribution >= 4 is 75.5 Å². The molecular weight excluding hydrogens is 476 g/mol. The second-order valence-corrected chi connectivity index (χ2v) is 10.7. The molecule has 154 valence electrons. The van der Waals surface area contributed by atoms with Crippen LogP contribution >= 0.6 is 27.3 Å². The second-order valence-electron chi connectivity index (χ2n) is 8.76. The van der Waals surface area contributed by atoms with Gasteiger partial charge in [0.1, 0.15) is 11.2 Å². The Morgan fingerprint density at radius 2 is 1.66 bits per heavy atom. The minimum atomic E-state index is 0.537. The van der Waals surface area contributed by atoms with Gasteiger partial charge in [-0.1, -0.05) is 53.2 Å². The summed E-state index contributed by atoms with van der Waals surface area (Å²) < 4.78 is 10.0. The van der Waals surface area contributed by atoms with Gasteiger partial charge in [-0.05, 0) is 83.1 Å². The maximum Gasteiger partial charge on any atom is 0.135 e. The number of hydrogen-bond donors (Lipinski definition) is 0. The molecule has 2 heterocycles. The molecule has 1 unspecified atom stereocenters. The first-order valence-electron chi connectivity index (χ1n) is 10.9. The van der Waals surface area contributed by atoms with Gasteiger partial charge in [0, 0.05) is 35.4 Å². The van der Waals surface area contributed by atoms with Gasteiger partial charge in [-0.2, -0.15) is 0 Å². The summed E-state index contributed by atoms with van der Waals surface area (Å²) in [5.74, 6) is 0.537. The molecule has 0 aliphatic heterocycles. The molecule has 1 aliphatic rings. The van der Waals surface area contributed by atoms with Gasteiger partial charge in [0.2, 0.25) is 0 Å². The minimum Gasteiger partial charge on any atom is -0.456 e. The fourth-order valence-corrected chi connectivity index (χ4v) is 6.92. The van der Waals surface area contributed by atoms with E-state index in [9.17, 15) is 0 Å². The van der Waals surface area contributed by atoms with Crippen LogP contribution in [0.5, 0.6) is 0 Å².